The highest BCUT2D eigenvalue weighted by Gasteiger charge is 2.12. The lowest BCUT2D eigenvalue weighted by molar-refractivity contribution is -0.116. The van der Waals surface area contributed by atoms with Crippen molar-refractivity contribution in [2.75, 3.05) is 11.9 Å². The molecule has 1 aromatic carbocycles. The number of hydrogen-bond acceptors (Lipinski definition) is 3. The van der Waals surface area contributed by atoms with Gasteiger partial charge in [0.2, 0.25) is 11.8 Å². The van der Waals surface area contributed by atoms with E-state index in [-0.39, 0.29) is 29.6 Å². The molecule has 0 spiro atoms. The number of nitrogens with two attached hydrogens (primary N) is 1. The minimum Gasteiger partial charge on any atom is -0.366 e. The molecular weight excluding hydrogens is 249 g/mol. The van der Waals surface area contributed by atoms with Crippen LogP contribution in [-0.2, 0) is 4.79 Å². The maximum atomic E-state index is 13.5. The first-order valence-corrected chi connectivity index (χ1v) is 6.06. The minimum atomic E-state index is -0.670. The molecule has 0 radical (unpaired) electrons. The van der Waals surface area contributed by atoms with Gasteiger partial charge in [0.25, 0.3) is 0 Å². The van der Waals surface area contributed by atoms with Gasteiger partial charge in [-0.25, -0.2) is 4.39 Å². The molecule has 0 saturated carbocycles. The molecule has 0 aliphatic heterocycles. The number of amides is 2. The van der Waals surface area contributed by atoms with Crippen LogP contribution < -0.4 is 16.4 Å². The van der Waals surface area contributed by atoms with Gasteiger partial charge in [0.05, 0.1) is 5.69 Å². The zero-order chi connectivity index (χ0) is 14.4. The Morgan fingerprint density at radius 1 is 1.42 bits per heavy atom. The first-order chi connectivity index (χ1) is 8.93. The topological polar surface area (TPSA) is 84.2 Å². The van der Waals surface area contributed by atoms with Gasteiger partial charge in [0.1, 0.15) is 5.82 Å². The van der Waals surface area contributed by atoms with E-state index in [1.807, 2.05) is 13.8 Å². The number of primary amides is 1. The third-order valence-electron chi connectivity index (χ3n) is 2.57. The standard InChI is InChI=1S/C13H18FN3O2/c1-3-16-8(2)6-12(18)17-11-7-9(13(15)19)4-5-10(11)14/h4-5,7-8,16H,3,6H2,1-2H3,(H2,15,19)(H,17,18). The zero-order valence-electron chi connectivity index (χ0n) is 11.0. The van der Waals surface area contributed by atoms with E-state index in [1.165, 1.54) is 12.1 Å². The average Bonchev–Trinajstić information content (AvgIpc) is 2.31. The number of carbonyl (C=O) groups is 2. The molecule has 19 heavy (non-hydrogen) atoms. The summed E-state index contributed by atoms with van der Waals surface area (Å²) in [6.45, 7) is 4.55. The highest BCUT2D eigenvalue weighted by molar-refractivity contribution is 5.96. The van der Waals surface area contributed by atoms with Gasteiger partial charge in [-0.3, -0.25) is 9.59 Å². The van der Waals surface area contributed by atoms with Gasteiger partial charge in [-0.05, 0) is 31.7 Å². The Hall–Kier alpha value is -1.95. The van der Waals surface area contributed by atoms with Crippen LogP contribution in [0.1, 0.15) is 30.6 Å². The van der Waals surface area contributed by atoms with E-state index < -0.39 is 11.7 Å². The fraction of sp³-hybridized carbons (Fsp3) is 0.385. The summed E-state index contributed by atoms with van der Waals surface area (Å²) in [5, 5.41) is 5.51. The number of halogens is 1. The summed E-state index contributed by atoms with van der Waals surface area (Å²) in [6.07, 6.45) is 0.216. The molecule has 0 aliphatic carbocycles. The van der Waals surface area contributed by atoms with E-state index in [9.17, 15) is 14.0 Å². The fourth-order valence-corrected chi connectivity index (χ4v) is 1.67. The van der Waals surface area contributed by atoms with E-state index >= 15 is 0 Å². The summed E-state index contributed by atoms with van der Waals surface area (Å²) in [6, 6.07) is 3.60. The van der Waals surface area contributed by atoms with Gasteiger partial charge < -0.3 is 16.4 Å². The number of hydrogen-bond donors (Lipinski definition) is 3. The van der Waals surface area contributed by atoms with Gasteiger partial charge >= 0.3 is 0 Å². The lowest BCUT2D eigenvalue weighted by atomic mass is 10.1. The average molecular weight is 267 g/mol. The second kappa shape index (κ2) is 6.84. The van der Waals surface area contributed by atoms with Crippen molar-refractivity contribution in [3.8, 4) is 0 Å². The summed E-state index contributed by atoms with van der Waals surface area (Å²) in [7, 11) is 0. The molecule has 0 saturated heterocycles. The number of carbonyl (C=O) groups excluding carboxylic acids is 2. The van der Waals surface area contributed by atoms with Crippen LogP contribution in [0.3, 0.4) is 0 Å². The molecule has 1 aromatic rings. The monoisotopic (exact) mass is 267 g/mol. The molecule has 5 nitrogen and oxygen atoms in total. The summed E-state index contributed by atoms with van der Waals surface area (Å²) < 4.78 is 13.5. The molecule has 6 heteroatoms. The predicted octanol–water partition coefficient (Wildman–Crippen LogP) is 1.25. The van der Waals surface area contributed by atoms with Crippen molar-refractivity contribution >= 4 is 17.5 Å². The van der Waals surface area contributed by atoms with Crippen molar-refractivity contribution in [2.24, 2.45) is 5.73 Å². The van der Waals surface area contributed by atoms with E-state index in [4.69, 9.17) is 5.73 Å². The molecule has 1 atom stereocenters. The Morgan fingerprint density at radius 3 is 2.68 bits per heavy atom. The third kappa shape index (κ3) is 4.67. The summed E-state index contributed by atoms with van der Waals surface area (Å²) >= 11 is 0. The van der Waals surface area contributed by atoms with Crippen molar-refractivity contribution in [1.82, 2.24) is 5.32 Å². The van der Waals surface area contributed by atoms with Crippen molar-refractivity contribution < 1.29 is 14.0 Å². The molecule has 0 aliphatic rings. The van der Waals surface area contributed by atoms with E-state index in [2.05, 4.69) is 10.6 Å². The van der Waals surface area contributed by atoms with E-state index in [0.717, 1.165) is 12.6 Å². The van der Waals surface area contributed by atoms with Crippen LogP contribution in [-0.4, -0.2) is 24.4 Å². The van der Waals surface area contributed by atoms with Crippen LogP contribution in [0.15, 0.2) is 18.2 Å². The van der Waals surface area contributed by atoms with Crippen LogP contribution in [0.4, 0.5) is 10.1 Å². The number of anilines is 1. The molecule has 104 valence electrons. The number of rotatable bonds is 6. The van der Waals surface area contributed by atoms with Crippen LogP contribution >= 0.6 is 0 Å². The van der Waals surface area contributed by atoms with E-state index in [0.29, 0.717) is 0 Å². The van der Waals surface area contributed by atoms with Gasteiger partial charge in [-0.15, -0.1) is 0 Å². The third-order valence-corrected chi connectivity index (χ3v) is 2.57. The molecule has 1 unspecified atom stereocenters. The summed E-state index contributed by atoms with van der Waals surface area (Å²) in [4.78, 5) is 22.7. The Labute approximate surface area is 111 Å². The molecule has 1 rings (SSSR count). The smallest absolute Gasteiger partial charge is 0.248 e. The molecule has 0 heterocycles. The van der Waals surface area contributed by atoms with Gasteiger partial charge in [-0.2, -0.15) is 0 Å². The summed E-state index contributed by atoms with van der Waals surface area (Å²) in [5.41, 5.74) is 5.21. The molecule has 0 fully saturated rings. The van der Waals surface area contributed by atoms with Gasteiger partial charge in [0, 0.05) is 18.0 Å². The number of nitrogens with one attached hydrogen (secondary N) is 2. The first kappa shape index (κ1) is 15.1. The van der Waals surface area contributed by atoms with Crippen LogP contribution in [0, 0.1) is 5.82 Å². The van der Waals surface area contributed by atoms with Gasteiger partial charge in [-0.1, -0.05) is 6.92 Å². The van der Waals surface area contributed by atoms with Crippen LogP contribution in [0.25, 0.3) is 0 Å². The minimum absolute atomic E-state index is 0.00705. The maximum Gasteiger partial charge on any atom is 0.248 e. The molecule has 4 N–H and O–H groups in total. The Bertz CT molecular complexity index is 477. The largest absolute Gasteiger partial charge is 0.366 e. The molecule has 0 aromatic heterocycles. The number of benzene rings is 1. The Morgan fingerprint density at radius 2 is 2.11 bits per heavy atom. The molecule has 2 amide bonds. The second-order valence-electron chi connectivity index (χ2n) is 4.27. The quantitative estimate of drug-likeness (QED) is 0.725. The lowest BCUT2D eigenvalue weighted by Crippen LogP contribution is -2.30. The van der Waals surface area contributed by atoms with Crippen molar-refractivity contribution in [2.45, 2.75) is 26.3 Å². The maximum absolute atomic E-state index is 13.5. The summed E-state index contributed by atoms with van der Waals surface area (Å²) in [5.74, 6) is -1.60. The zero-order valence-corrected chi connectivity index (χ0v) is 11.0. The normalized spacial score (nSPS) is 11.9. The predicted molar refractivity (Wildman–Crippen MR) is 71.3 cm³/mol. The Kier molecular flexibility index (Phi) is 5.44. The van der Waals surface area contributed by atoms with Gasteiger partial charge in [0.15, 0.2) is 0 Å². The lowest BCUT2D eigenvalue weighted by Gasteiger charge is -2.12. The molecular formula is C13H18FN3O2. The first-order valence-electron chi connectivity index (χ1n) is 6.06. The van der Waals surface area contributed by atoms with Crippen molar-refractivity contribution in [3.05, 3.63) is 29.6 Å². The van der Waals surface area contributed by atoms with Crippen LogP contribution in [0.5, 0.6) is 0 Å². The highest BCUT2D eigenvalue weighted by atomic mass is 19.1. The highest BCUT2D eigenvalue weighted by Crippen LogP contribution is 2.16. The SMILES string of the molecule is CCNC(C)CC(=O)Nc1cc(C(N)=O)ccc1F. The van der Waals surface area contributed by atoms with E-state index in [1.54, 1.807) is 0 Å². The second-order valence-corrected chi connectivity index (χ2v) is 4.27. The van der Waals surface area contributed by atoms with Crippen LogP contribution in [0.2, 0.25) is 0 Å². The van der Waals surface area contributed by atoms with Crippen molar-refractivity contribution in [1.29, 1.82) is 0 Å². The fourth-order valence-electron chi connectivity index (χ4n) is 1.67. The Balaban J connectivity index is 2.73. The molecule has 0 bridgehead atoms. The van der Waals surface area contributed by atoms with Crippen molar-refractivity contribution in [3.63, 3.8) is 0 Å².